The van der Waals surface area contributed by atoms with Crippen LogP contribution < -0.4 is 0 Å². The van der Waals surface area contributed by atoms with Gasteiger partial charge in [0.15, 0.2) is 0 Å². The van der Waals surface area contributed by atoms with Crippen LogP contribution in [0, 0.1) is 5.92 Å². The van der Waals surface area contributed by atoms with Crippen molar-refractivity contribution in [3.63, 3.8) is 0 Å². The molecule has 3 atom stereocenters. The van der Waals surface area contributed by atoms with E-state index in [9.17, 15) is 0 Å². The number of nitrogens with zero attached hydrogens (tertiary/aromatic N) is 3. The van der Waals surface area contributed by atoms with Crippen LogP contribution >= 0.6 is 0 Å². The highest BCUT2D eigenvalue weighted by molar-refractivity contribution is 6.23. The third kappa shape index (κ3) is 3.42. The Morgan fingerprint density at radius 1 is 0.778 bits per heavy atom. The van der Waals surface area contributed by atoms with Crippen molar-refractivity contribution in [1.82, 2.24) is 4.90 Å². The third-order valence-corrected chi connectivity index (χ3v) is 8.09. The van der Waals surface area contributed by atoms with Crippen molar-refractivity contribution in [3.05, 3.63) is 132 Å². The van der Waals surface area contributed by atoms with Crippen molar-refractivity contribution in [2.24, 2.45) is 15.9 Å². The Kier molecular flexibility index (Phi) is 5.09. The Morgan fingerprint density at radius 2 is 1.50 bits per heavy atom. The number of hydrogen-bond acceptors (Lipinski definition) is 3. The summed E-state index contributed by atoms with van der Waals surface area (Å²) in [5.74, 6) is 0.771. The van der Waals surface area contributed by atoms with Crippen LogP contribution in [0.3, 0.4) is 0 Å². The van der Waals surface area contributed by atoms with Gasteiger partial charge in [0.1, 0.15) is 5.66 Å². The average Bonchev–Trinajstić information content (AvgIpc) is 3.27. The molecule has 3 heteroatoms. The first-order valence-corrected chi connectivity index (χ1v) is 13.1. The molecule has 0 radical (unpaired) electrons. The van der Waals surface area contributed by atoms with Crippen LogP contribution in [0.25, 0.3) is 5.70 Å². The van der Waals surface area contributed by atoms with Crippen molar-refractivity contribution in [2.75, 3.05) is 0 Å². The fourth-order valence-electron chi connectivity index (χ4n) is 6.56. The highest BCUT2D eigenvalue weighted by atomic mass is 15.4. The molecule has 2 aliphatic carbocycles. The number of hydrogen-bond donors (Lipinski definition) is 0. The van der Waals surface area contributed by atoms with Crippen LogP contribution in [0.15, 0.2) is 131 Å². The summed E-state index contributed by atoms with van der Waals surface area (Å²) in [4.78, 5) is 13.1. The zero-order valence-corrected chi connectivity index (χ0v) is 20.3. The Labute approximate surface area is 212 Å². The molecule has 0 amide bonds. The van der Waals surface area contributed by atoms with Gasteiger partial charge in [-0.25, -0.2) is 4.99 Å². The van der Waals surface area contributed by atoms with Gasteiger partial charge in [-0.1, -0.05) is 91.4 Å². The van der Waals surface area contributed by atoms with Gasteiger partial charge in [0.2, 0.25) is 0 Å². The maximum absolute atomic E-state index is 5.57. The van der Waals surface area contributed by atoms with E-state index < -0.39 is 0 Å². The normalized spacial score (nSPS) is 27.5. The van der Waals surface area contributed by atoms with E-state index in [4.69, 9.17) is 9.98 Å². The summed E-state index contributed by atoms with van der Waals surface area (Å²) in [5, 5.41) is 0. The van der Waals surface area contributed by atoms with Crippen LogP contribution in [0.5, 0.6) is 0 Å². The fourth-order valence-corrected chi connectivity index (χ4v) is 6.56. The van der Waals surface area contributed by atoms with Gasteiger partial charge in [-0.3, -0.25) is 4.99 Å². The van der Waals surface area contributed by atoms with E-state index in [0.717, 1.165) is 23.5 Å². The average molecular weight is 468 g/mol. The van der Waals surface area contributed by atoms with Gasteiger partial charge >= 0.3 is 0 Å². The molecule has 2 aliphatic heterocycles. The molecule has 2 heterocycles. The number of allylic oxidation sites excluding steroid dienone is 4. The Morgan fingerprint density at radius 3 is 2.28 bits per heavy atom. The standard InChI is InChI=1S/C33H29N3/c1-4-12-24(13-5-1)28-23-31(25-14-6-2-7-15-25)36-32-22-27(34-26-16-8-3-9-17-26)19-20-30(32)35-33(36)21-11-10-18-29(28)33/h1-9,12-17,19-20,22-23,28-29H,10-11,18,21H2/t28-,29+,33-/m1/s1. The van der Waals surface area contributed by atoms with E-state index in [2.05, 4.69) is 102 Å². The Hall–Kier alpha value is -3.98. The van der Waals surface area contributed by atoms with Gasteiger partial charge in [0, 0.05) is 17.5 Å². The summed E-state index contributed by atoms with van der Waals surface area (Å²) in [6.45, 7) is 0. The van der Waals surface area contributed by atoms with Crippen molar-refractivity contribution >= 4 is 22.8 Å². The predicted molar refractivity (Wildman–Crippen MR) is 148 cm³/mol. The van der Waals surface area contributed by atoms with E-state index in [-0.39, 0.29) is 5.66 Å². The SMILES string of the molecule is C1=CC2=N[C@@]34CCCC[C@H]3[C@@H](c3ccccc3)C=C(c3ccccc3)N4C2=CC1=Nc1ccccc1. The van der Waals surface area contributed by atoms with E-state index in [1.807, 2.05) is 18.2 Å². The van der Waals surface area contributed by atoms with Crippen molar-refractivity contribution < 1.29 is 0 Å². The van der Waals surface area contributed by atoms with Gasteiger partial charge in [-0.15, -0.1) is 0 Å². The van der Waals surface area contributed by atoms with Gasteiger partial charge in [-0.05, 0) is 60.8 Å². The van der Waals surface area contributed by atoms with E-state index in [0.29, 0.717) is 11.8 Å². The molecule has 0 saturated heterocycles. The summed E-state index contributed by atoms with van der Waals surface area (Å²) >= 11 is 0. The molecule has 0 aromatic heterocycles. The molecule has 3 aromatic rings. The molecule has 0 bridgehead atoms. The molecule has 1 saturated carbocycles. The Bertz CT molecular complexity index is 1430. The molecule has 7 rings (SSSR count). The summed E-state index contributed by atoms with van der Waals surface area (Å²) in [5.41, 5.74) is 7.86. The lowest BCUT2D eigenvalue weighted by Gasteiger charge is -2.53. The van der Waals surface area contributed by atoms with E-state index >= 15 is 0 Å². The minimum atomic E-state index is -0.258. The van der Waals surface area contributed by atoms with Crippen molar-refractivity contribution in [2.45, 2.75) is 37.3 Å². The zero-order chi connectivity index (χ0) is 24.0. The van der Waals surface area contributed by atoms with Crippen LogP contribution in [0.2, 0.25) is 0 Å². The van der Waals surface area contributed by atoms with E-state index in [1.54, 1.807) is 0 Å². The van der Waals surface area contributed by atoms with E-state index in [1.165, 1.54) is 41.8 Å². The first kappa shape index (κ1) is 21.3. The second-order valence-electron chi connectivity index (χ2n) is 10.2. The second-order valence-corrected chi connectivity index (χ2v) is 10.2. The van der Waals surface area contributed by atoms with Crippen LogP contribution in [-0.4, -0.2) is 22.0 Å². The molecule has 1 fully saturated rings. The number of para-hydroxylation sites is 1. The second kappa shape index (κ2) is 8.60. The summed E-state index contributed by atoms with van der Waals surface area (Å²) in [7, 11) is 0. The van der Waals surface area contributed by atoms with Gasteiger partial charge < -0.3 is 4.90 Å². The van der Waals surface area contributed by atoms with Crippen molar-refractivity contribution in [3.8, 4) is 0 Å². The predicted octanol–water partition coefficient (Wildman–Crippen LogP) is 7.69. The monoisotopic (exact) mass is 467 g/mol. The molecule has 3 aromatic carbocycles. The highest BCUT2D eigenvalue weighted by Gasteiger charge is 2.56. The van der Waals surface area contributed by atoms with Gasteiger partial charge in [0.05, 0.1) is 22.8 Å². The largest absolute Gasteiger partial charge is 0.313 e. The highest BCUT2D eigenvalue weighted by Crippen LogP contribution is 2.57. The van der Waals surface area contributed by atoms with Crippen LogP contribution in [0.1, 0.15) is 42.7 Å². The molecule has 3 nitrogen and oxygen atoms in total. The maximum Gasteiger partial charge on any atom is 0.140 e. The number of rotatable bonds is 3. The van der Waals surface area contributed by atoms with Gasteiger partial charge in [0.25, 0.3) is 0 Å². The first-order valence-electron chi connectivity index (χ1n) is 13.1. The summed E-state index contributed by atoms with van der Waals surface area (Å²) in [6, 6.07) is 32.1. The molecule has 0 unspecified atom stereocenters. The summed E-state index contributed by atoms with van der Waals surface area (Å²) in [6.07, 6.45) is 13.8. The minimum absolute atomic E-state index is 0.258. The van der Waals surface area contributed by atoms with Gasteiger partial charge in [-0.2, -0.15) is 0 Å². The lowest BCUT2D eigenvalue weighted by molar-refractivity contribution is 0.0687. The van der Waals surface area contributed by atoms with Crippen LogP contribution in [-0.2, 0) is 0 Å². The number of benzene rings is 3. The minimum Gasteiger partial charge on any atom is -0.313 e. The maximum atomic E-state index is 5.57. The molecule has 176 valence electrons. The van der Waals surface area contributed by atoms with Crippen molar-refractivity contribution in [1.29, 1.82) is 0 Å². The number of fused-ring (bicyclic) bond motifs is 2. The molecule has 36 heavy (non-hydrogen) atoms. The molecule has 0 N–H and O–H groups in total. The topological polar surface area (TPSA) is 28.0 Å². The Balaban J connectivity index is 1.42. The lowest BCUT2D eigenvalue weighted by atomic mass is 9.66. The first-order chi connectivity index (χ1) is 17.8. The molecular weight excluding hydrogens is 438 g/mol. The summed E-state index contributed by atoms with van der Waals surface area (Å²) < 4.78 is 0. The quantitative estimate of drug-likeness (QED) is 0.363. The number of aliphatic imine (C=N–C) groups is 2. The smallest absolute Gasteiger partial charge is 0.140 e. The van der Waals surface area contributed by atoms with Crippen LogP contribution in [0.4, 0.5) is 5.69 Å². The molecular formula is C33H29N3. The third-order valence-electron chi connectivity index (χ3n) is 8.09. The zero-order valence-electron chi connectivity index (χ0n) is 20.3. The molecule has 4 aliphatic rings. The molecule has 1 spiro atoms. The fraction of sp³-hybridized carbons (Fsp3) is 0.212. The lowest BCUT2D eigenvalue weighted by Crippen LogP contribution is -2.54.